The van der Waals surface area contributed by atoms with Gasteiger partial charge < -0.3 is 0 Å². The maximum Gasteiger partial charge on any atom is 0.134 e. The summed E-state index contributed by atoms with van der Waals surface area (Å²) in [5.41, 5.74) is 2.20. The molecule has 0 aliphatic rings. The van der Waals surface area contributed by atoms with Crippen LogP contribution in [-0.2, 0) is 12.8 Å². The molecular weight excluding hydrogens is 589 g/mol. The topological polar surface area (TPSA) is 25.8 Å². The van der Waals surface area contributed by atoms with Crippen LogP contribution in [0, 0.1) is 23.7 Å². The van der Waals surface area contributed by atoms with Gasteiger partial charge in [0, 0.05) is 9.75 Å². The van der Waals surface area contributed by atoms with Crippen LogP contribution in [0.3, 0.4) is 0 Å². The van der Waals surface area contributed by atoms with Crippen molar-refractivity contribution in [2.24, 2.45) is 23.7 Å². The first-order valence-corrected chi connectivity index (χ1v) is 19.4. The molecule has 0 fully saturated rings. The van der Waals surface area contributed by atoms with Crippen LogP contribution in [0.1, 0.15) is 103 Å². The summed E-state index contributed by atoms with van der Waals surface area (Å²) in [5.74, 6) is 3.25. The van der Waals surface area contributed by atoms with Crippen LogP contribution in [0.25, 0.3) is 40.2 Å². The summed E-state index contributed by atoms with van der Waals surface area (Å²) in [6.07, 6.45) is 13.1. The van der Waals surface area contributed by atoms with Crippen LogP contribution >= 0.6 is 45.3 Å². The van der Waals surface area contributed by atoms with Gasteiger partial charge in [0.25, 0.3) is 0 Å². The number of hydrogen-bond donors (Lipinski definition) is 0. The van der Waals surface area contributed by atoms with Crippen molar-refractivity contribution in [1.82, 2.24) is 9.97 Å². The lowest BCUT2D eigenvalue weighted by atomic mass is 9.96. The van der Waals surface area contributed by atoms with Gasteiger partial charge in [0.1, 0.15) is 10.0 Å². The van der Waals surface area contributed by atoms with Crippen molar-refractivity contribution in [1.29, 1.82) is 0 Å². The fourth-order valence-electron chi connectivity index (χ4n) is 5.63. The highest BCUT2D eigenvalue weighted by molar-refractivity contribution is 7.27. The minimum absolute atomic E-state index is 0.802. The van der Waals surface area contributed by atoms with Gasteiger partial charge in [0.15, 0.2) is 0 Å². The number of thiazole rings is 2. The highest BCUT2D eigenvalue weighted by atomic mass is 32.1. The van der Waals surface area contributed by atoms with Gasteiger partial charge in [-0.25, -0.2) is 9.97 Å². The molecule has 4 heterocycles. The fraction of sp³-hybridized carbons (Fsp3) is 0.556. The molecule has 0 N–H and O–H groups in total. The van der Waals surface area contributed by atoms with Crippen molar-refractivity contribution in [3.8, 4) is 19.8 Å². The third-order valence-corrected chi connectivity index (χ3v) is 13.0. The Morgan fingerprint density at radius 2 is 0.952 bits per heavy atom. The van der Waals surface area contributed by atoms with Gasteiger partial charge in [0.05, 0.1) is 30.2 Å². The molecule has 226 valence electrons. The smallest absolute Gasteiger partial charge is 0.134 e. The van der Waals surface area contributed by atoms with Gasteiger partial charge >= 0.3 is 0 Å². The van der Waals surface area contributed by atoms with Crippen molar-refractivity contribution in [3.63, 3.8) is 0 Å². The molecule has 0 radical (unpaired) electrons. The van der Waals surface area contributed by atoms with Crippen molar-refractivity contribution in [2.45, 2.75) is 106 Å². The second-order valence-electron chi connectivity index (χ2n) is 13.3. The average Bonchev–Trinajstić information content (AvgIpc) is 3.74. The highest BCUT2D eigenvalue weighted by Crippen LogP contribution is 2.40. The molecule has 0 amide bonds. The van der Waals surface area contributed by atoms with Crippen LogP contribution in [-0.4, -0.2) is 9.97 Å². The minimum atomic E-state index is 0.802. The molecule has 5 aromatic rings. The zero-order valence-corrected chi connectivity index (χ0v) is 29.6. The Bertz CT molecular complexity index is 1390. The third kappa shape index (κ3) is 8.74. The molecule has 0 bridgehead atoms. The summed E-state index contributed by atoms with van der Waals surface area (Å²) >= 11 is 7.47. The number of benzene rings is 1. The number of rotatable bonds is 16. The van der Waals surface area contributed by atoms with Gasteiger partial charge in [-0.3, -0.25) is 0 Å². The number of hydrogen-bond acceptors (Lipinski definition) is 6. The van der Waals surface area contributed by atoms with E-state index >= 15 is 0 Å². The van der Waals surface area contributed by atoms with Gasteiger partial charge in [-0.1, -0.05) is 80.1 Å². The largest absolute Gasteiger partial charge is 0.235 e. The first-order chi connectivity index (χ1) is 20.2. The monoisotopic (exact) mass is 636 g/mol. The first kappa shape index (κ1) is 31.8. The highest BCUT2D eigenvalue weighted by Gasteiger charge is 2.15. The second kappa shape index (κ2) is 14.9. The Morgan fingerprint density at radius 1 is 0.524 bits per heavy atom. The summed E-state index contributed by atoms with van der Waals surface area (Å²) in [6.45, 7) is 14.2. The van der Waals surface area contributed by atoms with Gasteiger partial charge in [0.2, 0.25) is 0 Å². The lowest BCUT2D eigenvalue weighted by Gasteiger charge is -2.11. The molecule has 2 unspecified atom stereocenters. The van der Waals surface area contributed by atoms with Gasteiger partial charge in [-0.2, -0.15) is 0 Å². The van der Waals surface area contributed by atoms with Crippen molar-refractivity contribution in [2.75, 3.05) is 0 Å². The van der Waals surface area contributed by atoms with Crippen LogP contribution in [0.4, 0.5) is 0 Å². The average molecular weight is 637 g/mol. The van der Waals surface area contributed by atoms with Crippen LogP contribution < -0.4 is 0 Å². The molecule has 4 aromatic heterocycles. The normalized spacial score (nSPS) is 13.7. The van der Waals surface area contributed by atoms with E-state index in [0.717, 1.165) is 44.7 Å². The number of nitrogens with zero attached hydrogens (tertiary/aromatic N) is 2. The first-order valence-electron chi connectivity index (χ1n) is 16.1. The summed E-state index contributed by atoms with van der Waals surface area (Å²) < 4.78 is 2.47. The van der Waals surface area contributed by atoms with E-state index in [9.17, 15) is 0 Å². The molecule has 0 aliphatic heterocycles. The molecule has 6 heteroatoms. The number of fused-ring (bicyclic) bond motifs is 2. The molecule has 0 spiro atoms. The second-order valence-corrected chi connectivity index (χ2v) is 17.7. The van der Waals surface area contributed by atoms with E-state index in [2.05, 4.69) is 77.9 Å². The molecule has 0 aliphatic carbocycles. The van der Waals surface area contributed by atoms with E-state index in [1.807, 2.05) is 45.3 Å². The van der Waals surface area contributed by atoms with E-state index in [4.69, 9.17) is 9.97 Å². The van der Waals surface area contributed by atoms with Crippen LogP contribution in [0.5, 0.6) is 0 Å². The molecule has 0 saturated carbocycles. The number of aryl methyl sites for hydroxylation is 2. The number of thiophene rings is 2. The minimum Gasteiger partial charge on any atom is -0.235 e. The lowest BCUT2D eigenvalue weighted by molar-refractivity contribution is 0.437. The molecule has 5 rings (SSSR count). The number of aromatic nitrogens is 2. The summed E-state index contributed by atoms with van der Waals surface area (Å²) in [4.78, 5) is 15.7. The van der Waals surface area contributed by atoms with Gasteiger partial charge in [-0.15, -0.1) is 45.3 Å². The predicted octanol–water partition coefficient (Wildman–Crippen LogP) is 13.2. The molecule has 0 saturated heterocycles. The van der Waals surface area contributed by atoms with E-state index < -0.39 is 0 Å². The Balaban J connectivity index is 1.19. The Kier molecular flexibility index (Phi) is 11.3. The summed E-state index contributed by atoms with van der Waals surface area (Å²) in [6, 6.07) is 13.7. The standard InChI is InChI=1S/C36H48N2S4/c1-23(2)9-7-11-25(5)13-15-27-17-19-31(39-27)35-37-29-21-34-30(22-33(29)41-35)38-36(42-34)32-20-18-28(40-32)16-14-26(6)12-8-10-24(3)4/h17-26H,7-16H2,1-6H3. The molecule has 2 atom stereocenters. The van der Waals surface area contributed by atoms with Crippen molar-refractivity contribution in [3.05, 3.63) is 46.2 Å². The van der Waals surface area contributed by atoms with E-state index in [1.165, 1.54) is 93.1 Å². The van der Waals surface area contributed by atoms with Crippen LogP contribution in [0.15, 0.2) is 36.4 Å². The Morgan fingerprint density at radius 3 is 1.36 bits per heavy atom. The van der Waals surface area contributed by atoms with Crippen molar-refractivity contribution >= 4 is 65.8 Å². The SMILES string of the molecule is CC(C)CCCC(C)CCc1ccc(-c2nc3cc4sc(-c5ccc(CCC(C)CCCC(C)C)s5)nc4cc3s2)s1. The summed E-state index contributed by atoms with van der Waals surface area (Å²) in [5, 5.41) is 2.29. The zero-order valence-electron chi connectivity index (χ0n) is 26.4. The van der Waals surface area contributed by atoms with E-state index in [0.29, 0.717) is 0 Å². The molecule has 1 aromatic carbocycles. The van der Waals surface area contributed by atoms with Gasteiger partial charge in [-0.05, 0) is 85.8 Å². The fourth-order valence-corrected chi connectivity index (χ4v) is 9.75. The third-order valence-electron chi connectivity index (χ3n) is 8.37. The van der Waals surface area contributed by atoms with E-state index in [-0.39, 0.29) is 0 Å². The summed E-state index contributed by atoms with van der Waals surface area (Å²) in [7, 11) is 0. The molecule has 2 nitrogen and oxygen atoms in total. The Hall–Kier alpha value is -1.60. The Labute approximate surface area is 269 Å². The maximum absolute atomic E-state index is 5.07. The molecule has 42 heavy (non-hydrogen) atoms. The zero-order chi connectivity index (χ0) is 29.6. The predicted molar refractivity (Wildman–Crippen MR) is 192 cm³/mol. The van der Waals surface area contributed by atoms with E-state index in [1.54, 1.807) is 0 Å². The maximum atomic E-state index is 5.07. The molecular formula is C36H48N2S4. The lowest BCUT2D eigenvalue weighted by Crippen LogP contribution is -1.98. The quantitative estimate of drug-likeness (QED) is 0.108. The van der Waals surface area contributed by atoms with Crippen LogP contribution in [0.2, 0.25) is 0 Å². The van der Waals surface area contributed by atoms with Crippen molar-refractivity contribution < 1.29 is 0 Å².